The average molecular weight is 647 g/mol. The van der Waals surface area contributed by atoms with Gasteiger partial charge in [-0.25, -0.2) is 9.59 Å². The Hall–Kier alpha value is -1.54. The first kappa shape index (κ1) is 38.9. The number of piperidine rings is 2. The van der Waals surface area contributed by atoms with Gasteiger partial charge in [0.15, 0.2) is 0 Å². The number of nitrogens with zero attached hydrogens (tertiary/aromatic N) is 2. The van der Waals surface area contributed by atoms with Gasteiger partial charge in [0, 0.05) is 59.9 Å². The molecule has 0 spiro atoms. The van der Waals surface area contributed by atoms with E-state index in [1.54, 1.807) is 0 Å². The fraction of sp³-hybridized carbons (Fsp3) is 0.947. The Morgan fingerprint density at radius 2 is 1.04 bits per heavy atom. The molecule has 2 saturated heterocycles. The van der Waals surface area contributed by atoms with Gasteiger partial charge in [-0.05, 0) is 124 Å². The van der Waals surface area contributed by atoms with E-state index in [1.807, 2.05) is 0 Å². The third kappa shape index (κ3) is 11.3. The molecule has 2 unspecified atom stereocenters. The van der Waals surface area contributed by atoms with Gasteiger partial charge in [0.2, 0.25) is 0 Å². The standard InChI is InChI=1S/C38H74N6O2/c1-14-16-18-43(29-22-34(5,6)41-35(7,8)23-29)31(45)39-27-38(13)21-28(20-33(3,4)26-38)40-32(46)44(19-17-15-2)30-24-36(9,10)42-37(11,12)25-30/h28-30,41-42H,14-27H2,1-13H3,(H,39,45)(H,40,46). The highest BCUT2D eigenvalue weighted by atomic mass is 16.2. The predicted octanol–water partition coefficient (Wildman–Crippen LogP) is 7.81. The number of nitrogens with one attached hydrogen (secondary N) is 4. The molecule has 3 fully saturated rings. The predicted molar refractivity (Wildman–Crippen MR) is 193 cm³/mol. The number of rotatable bonds is 11. The van der Waals surface area contributed by atoms with Gasteiger partial charge < -0.3 is 31.1 Å². The van der Waals surface area contributed by atoms with E-state index in [2.05, 4.69) is 121 Å². The summed E-state index contributed by atoms with van der Waals surface area (Å²) in [5, 5.41) is 14.5. The van der Waals surface area contributed by atoms with Crippen LogP contribution in [0.5, 0.6) is 0 Å². The van der Waals surface area contributed by atoms with Crippen LogP contribution in [-0.4, -0.2) is 81.8 Å². The maximum absolute atomic E-state index is 14.1. The Bertz CT molecular complexity index is 1000. The van der Waals surface area contributed by atoms with Crippen molar-refractivity contribution in [3.63, 3.8) is 0 Å². The molecular weight excluding hydrogens is 572 g/mol. The molecule has 8 heteroatoms. The Labute approximate surface area is 283 Å². The zero-order chi connectivity index (χ0) is 34.8. The van der Waals surface area contributed by atoms with Crippen LogP contribution in [0.2, 0.25) is 0 Å². The van der Waals surface area contributed by atoms with Gasteiger partial charge in [-0.1, -0.05) is 47.5 Å². The van der Waals surface area contributed by atoms with E-state index in [1.165, 1.54) is 0 Å². The Morgan fingerprint density at radius 1 is 0.630 bits per heavy atom. The van der Waals surface area contributed by atoms with Crippen molar-refractivity contribution in [1.82, 2.24) is 31.1 Å². The third-order valence-electron chi connectivity index (χ3n) is 10.7. The Balaban J connectivity index is 1.73. The van der Waals surface area contributed by atoms with E-state index in [4.69, 9.17) is 0 Å². The van der Waals surface area contributed by atoms with Gasteiger partial charge in [-0.2, -0.15) is 0 Å². The first-order valence-corrected chi connectivity index (χ1v) is 18.7. The minimum absolute atomic E-state index is 0.0212. The number of hydrogen-bond acceptors (Lipinski definition) is 4. The number of amides is 4. The van der Waals surface area contributed by atoms with Crippen LogP contribution in [0.1, 0.15) is 161 Å². The molecule has 4 N–H and O–H groups in total. The fourth-order valence-electron chi connectivity index (χ4n) is 10.1. The van der Waals surface area contributed by atoms with E-state index < -0.39 is 0 Å². The summed E-state index contributed by atoms with van der Waals surface area (Å²) >= 11 is 0. The van der Waals surface area contributed by atoms with Crippen molar-refractivity contribution in [3.05, 3.63) is 0 Å². The maximum Gasteiger partial charge on any atom is 0.317 e. The highest BCUT2D eigenvalue weighted by Crippen LogP contribution is 2.46. The van der Waals surface area contributed by atoms with Gasteiger partial charge in [0.25, 0.3) is 0 Å². The second kappa shape index (κ2) is 14.5. The summed E-state index contributed by atoms with van der Waals surface area (Å²) in [6.07, 6.45) is 10.8. The van der Waals surface area contributed by atoms with Gasteiger partial charge in [0.05, 0.1) is 0 Å². The molecule has 1 saturated carbocycles. The van der Waals surface area contributed by atoms with Crippen molar-refractivity contribution in [2.24, 2.45) is 10.8 Å². The summed E-state index contributed by atoms with van der Waals surface area (Å²) in [7, 11) is 0. The molecule has 0 aromatic rings. The summed E-state index contributed by atoms with van der Waals surface area (Å²) in [6.45, 7) is 31.6. The number of urea groups is 2. The lowest BCUT2D eigenvalue weighted by Crippen LogP contribution is -2.64. The number of unbranched alkanes of at least 4 members (excludes halogenated alkanes) is 2. The first-order valence-electron chi connectivity index (χ1n) is 18.7. The van der Waals surface area contributed by atoms with Crippen LogP contribution >= 0.6 is 0 Å². The SMILES string of the molecule is CCCCN(C(=O)NCC1(C)CC(NC(=O)N(CCCC)C2CC(C)(C)NC(C)(C)C2)CC(C)(C)C1)C1CC(C)(C)NC(C)(C)C1. The highest BCUT2D eigenvalue weighted by molar-refractivity contribution is 5.75. The topological polar surface area (TPSA) is 88.7 Å². The molecular formula is C38H74N6O2. The molecule has 0 bridgehead atoms. The molecule has 0 radical (unpaired) electrons. The quantitative estimate of drug-likeness (QED) is 0.184. The monoisotopic (exact) mass is 647 g/mol. The molecule has 0 aromatic heterocycles. The number of carbonyl (C=O) groups is 2. The lowest BCUT2D eigenvalue weighted by molar-refractivity contribution is 0.0561. The molecule has 4 amide bonds. The van der Waals surface area contributed by atoms with E-state index in [9.17, 15) is 9.59 Å². The molecule has 2 aliphatic heterocycles. The second-order valence-corrected chi connectivity index (χ2v) is 19.4. The van der Waals surface area contributed by atoms with Crippen LogP contribution in [-0.2, 0) is 0 Å². The summed E-state index contributed by atoms with van der Waals surface area (Å²) < 4.78 is 0. The average Bonchev–Trinajstić information content (AvgIpc) is 2.83. The number of hydrogen-bond donors (Lipinski definition) is 4. The first-order chi connectivity index (χ1) is 21.0. The van der Waals surface area contributed by atoms with Crippen molar-refractivity contribution in [1.29, 1.82) is 0 Å². The zero-order valence-electron chi connectivity index (χ0n) is 32.3. The normalized spacial score (nSPS) is 28.7. The van der Waals surface area contributed by atoms with E-state index in [0.717, 1.165) is 83.7 Å². The summed E-state index contributed by atoms with van der Waals surface area (Å²) in [4.78, 5) is 32.4. The van der Waals surface area contributed by atoms with Crippen molar-refractivity contribution >= 4 is 12.1 Å². The van der Waals surface area contributed by atoms with Crippen LogP contribution < -0.4 is 21.3 Å². The van der Waals surface area contributed by atoms with E-state index >= 15 is 0 Å². The zero-order valence-corrected chi connectivity index (χ0v) is 32.3. The Morgan fingerprint density at radius 3 is 1.46 bits per heavy atom. The molecule has 1 aliphatic carbocycles. The third-order valence-corrected chi connectivity index (χ3v) is 10.7. The summed E-state index contributed by atoms with van der Waals surface area (Å²) in [5.41, 5.74) is -0.130. The molecule has 8 nitrogen and oxygen atoms in total. The molecule has 268 valence electrons. The second-order valence-electron chi connectivity index (χ2n) is 19.4. The van der Waals surface area contributed by atoms with Gasteiger partial charge in [-0.15, -0.1) is 0 Å². The Kier molecular flexibility index (Phi) is 12.3. The molecule has 0 aromatic carbocycles. The van der Waals surface area contributed by atoms with Crippen LogP contribution in [0.3, 0.4) is 0 Å². The van der Waals surface area contributed by atoms with Gasteiger partial charge in [-0.3, -0.25) is 0 Å². The lowest BCUT2D eigenvalue weighted by Gasteiger charge is -2.51. The van der Waals surface area contributed by atoms with Gasteiger partial charge >= 0.3 is 12.1 Å². The van der Waals surface area contributed by atoms with Crippen LogP contribution in [0.25, 0.3) is 0 Å². The van der Waals surface area contributed by atoms with E-state index in [0.29, 0.717) is 6.54 Å². The minimum atomic E-state index is -0.106. The molecule has 2 heterocycles. The molecule has 3 rings (SSSR count). The van der Waals surface area contributed by atoms with Crippen molar-refractivity contribution in [2.75, 3.05) is 19.6 Å². The van der Waals surface area contributed by atoms with Crippen LogP contribution in [0.4, 0.5) is 9.59 Å². The van der Waals surface area contributed by atoms with Crippen LogP contribution in [0, 0.1) is 10.8 Å². The maximum atomic E-state index is 14.1. The molecule has 2 atom stereocenters. The van der Waals surface area contributed by atoms with Crippen molar-refractivity contribution in [3.8, 4) is 0 Å². The van der Waals surface area contributed by atoms with Gasteiger partial charge in [0.1, 0.15) is 0 Å². The smallest absolute Gasteiger partial charge is 0.317 e. The van der Waals surface area contributed by atoms with Crippen LogP contribution in [0.15, 0.2) is 0 Å². The highest BCUT2D eigenvalue weighted by Gasteiger charge is 2.45. The largest absolute Gasteiger partial charge is 0.337 e. The minimum Gasteiger partial charge on any atom is -0.337 e. The summed E-state index contributed by atoms with van der Waals surface area (Å²) in [5.74, 6) is 0. The number of carbonyl (C=O) groups excluding carboxylic acids is 2. The van der Waals surface area contributed by atoms with E-state index in [-0.39, 0.29) is 63.2 Å². The molecule has 46 heavy (non-hydrogen) atoms. The summed E-state index contributed by atoms with van der Waals surface area (Å²) in [6, 6.07) is 0.646. The van der Waals surface area contributed by atoms with Crippen molar-refractivity contribution < 1.29 is 9.59 Å². The lowest BCUT2D eigenvalue weighted by atomic mass is 9.62. The fourth-order valence-corrected chi connectivity index (χ4v) is 10.1. The molecule has 3 aliphatic rings. The van der Waals surface area contributed by atoms with Crippen molar-refractivity contribution in [2.45, 2.75) is 201 Å².